The lowest BCUT2D eigenvalue weighted by molar-refractivity contribution is 0.189. The van der Waals surface area contributed by atoms with Gasteiger partial charge >= 0.3 is 0 Å². The summed E-state index contributed by atoms with van der Waals surface area (Å²) in [5, 5.41) is 7.42. The fourth-order valence-corrected chi connectivity index (χ4v) is 3.18. The Balaban J connectivity index is 2.20. The molecule has 1 saturated carbocycles. The van der Waals surface area contributed by atoms with Crippen LogP contribution in [0.1, 0.15) is 38.1 Å². The third-order valence-corrected chi connectivity index (χ3v) is 4.33. The summed E-state index contributed by atoms with van der Waals surface area (Å²) in [6.07, 6.45) is 6.24. The zero-order chi connectivity index (χ0) is 15.1. The minimum atomic E-state index is 0.465. The van der Waals surface area contributed by atoms with E-state index in [2.05, 4.69) is 19.7 Å². The summed E-state index contributed by atoms with van der Waals surface area (Å²) in [6.45, 7) is 2.89. The van der Waals surface area contributed by atoms with E-state index in [1.54, 1.807) is 14.2 Å². The first kappa shape index (κ1) is 16.5. The molecule has 0 atom stereocenters. The zero-order valence-electron chi connectivity index (χ0n) is 13.0. The number of hydrogen-bond donors (Lipinski definition) is 1. The van der Waals surface area contributed by atoms with Gasteiger partial charge in [-0.2, -0.15) is 0 Å². The molecule has 1 N–H and O–H groups in total. The molecule has 0 radical (unpaired) electrons. The van der Waals surface area contributed by atoms with E-state index >= 15 is 0 Å². The Morgan fingerprint density at radius 3 is 2.38 bits per heavy atom. The van der Waals surface area contributed by atoms with Crippen molar-refractivity contribution in [2.75, 3.05) is 45.4 Å². The normalized spacial score (nSPS) is 16.3. The topological polar surface area (TPSA) is 55.3 Å². The lowest BCUT2D eigenvalue weighted by Gasteiger charge is -2.28. The van der Waals surface area contributed by atoms with Gasteiger partial charge in [-0.3, -0.25) is 4.57 Å². The molecular weight excluding hydrogens is 288 g/mol. The fourth-order valence-electron chi connectivity index (χ4n) is 2.90. The smallest absolute Gasteiger partial charge is 0.226 e. The van der Waals surface area contributed by atoms with E-state index in [4.69, 9.17) is 21.7 Å². The molecule has 6 nitrogen and oxygen atoms in total. The van der Waals surface area contributed by atoms with Gasteiger partial charge in [-0.25, -0.2) is 5.10 Å². The van der Waals surface area contributed by atoms with Crippen LogP contribution in [-0.4, -0.2) is 55.3 Å². The van der Waals surface area contributed by atoms with Crippen molar-refractivity contribution in [2.24, 2.45) is 0 Å². The quantitative estimate of drug-likeness (QED) is 0.747. The summed E-state index contributed by atoms with van der Waals surface area (Å²) in [5.74, 6) is 0.918. The lowest BCUT2D eigenvalue weighted by Crippen LogP contribution is -2.34. The van der Waals surface area contributed by atoms with Crippen molar-refractivity contribution in [3.63, 3.8) is 0 Å². The molecule has 2 rings (SSSR count). The van der Waals surface area contributed by atoms with Crippen LogP contribution in [0, 0.1) is 4.77 Å². The van der Waals surface area contributed by atoms with Crippen molar-refractivity contribution in [1.82, 2.24) is 14.8 Å². The van der Waals surface area contributed by atoms with Crippen LogP contribution in [0.25, 0.3) is 0 Å². The summed E-state index contributed by atoms with van der Waals surface area (Å²) in [4.78, 5) is 2.19. The SMILES string of the molecule is COCCN(CCOC)c1n[nH]c(=S)n1C1CCCCC1. The van der Waals surface area contributed by atoms with Crippen LogP contribution in [0.15, 0.2) is 0 Å². The average Bonchev–Trinajstić information content (AvgIpc) is 2.90. The highest BCUT2D eigenvalue weighted by atomic mass is 32.1. The van der Waals surface area contributed by atoms with Gasteiger partial charge in [0.25, 0.3) is 0 Å². The Morgan fingerprint density at radius 2 is 1.81 bits per heavy atom. The third kappa shape index (κ3) is 4.28. The van der Waals surface area contributed by atoms with Crippen LogP contribution in [0.2, 0.25) is 0 Å². The van der Waals surface area contributed by atoms with E-state index in [0.717, 1.165) is 23.8 Å². The molecule has 0 saturated heterocycles. The second-order valence-corrected chi connectivity index (χ2v) is 5.85. The third-order valence-electron chi connectivity index (χ3n) is 4.04. The molecule has 0 amide bonds. The minimum absolute atomic E-state index is 0.465. The molecule has 7 heteroatoms. The fraction of sp³-hybridized carbons (Fsp3) is 0.857. The summed E-state index contributed by atoms with van der Waals surface area (Å²) < 4.78 is 13.3. The number of ether oxygens (including phenoxy) is 2. The van der Waals surface area contributed by atoms with Gasteiger partial charge in [-0.1, -0.05) is 19.3 Å². The molecule has 1 aliphatic rings. The predicted octanol–water partition coefficient (Wildman–Crippen LogP) is 2.55. The number of nitrogens with zero attached hydrogens (tertiary/aromatic N) is 3. The van der Waals surface area contributed by atoms with Crippen LogP contribution in [0.5, 0.6) is 0 Å². The van der Waals surface area contributed by atoms with Gasteiger partial charge in [0.2, 0.25) is 5.95 Å². The van der Waals surface area contributed by atoms with Crippen molar-refractivity contribution in [3.8, 4) is 0 Å². The molecular formula is C14H26N4O2S. The van der Waals surface area contributed by atoms with Crippen LogP contribution >= 0.6 is 12.2 Å². The predicted molar refractivity (Wildman–Crippen MR) is 85.5 cm³/mol. The largest absolute Gasteiger partial charge is 0.383 e. The molecule has 1 aliphatic carbocycles. The monoisotopic (exact) mass is 314 g/mol. The number of hydrogen-bond acceptors (Lipinski definition) is 5. The minimum Gasteiger partial charge on any atom is -0.383 e. The molecule has 1 aromatic rings. The maximum Gasteiger partial charge on any atom is 0.226 e. The summed E-state index contributed by atoms with van der Waals surface area (Å²) in [7, 11) is 3.43. The van der Waals surface area contributed by atoms with Gasteiger partial charge in [-0.15, -0.1) is 5.10 Å². The summed E-state index contributed by atoms with van der Waals surface area (Å²) in [6, 6.07) is 0.465. The molecule has 0 bridgehead atoms. The number of anilines is 1. The van der Waals surface area contributed by atoms with Gasteiger partial charge in [0, 0.05) is 33.4 Å². The first-order chi connectivity index (χ1) is 10.3. The molecule has 120 valence electrons. The van der Waals surface area contributed by atoms with Crippen molar-refractivity contribution in [2.45, 2.75) is 38.1 Å². The molecule has 1 aromatic heterocycles. The number of aromatic amines is 1. The highest BCUT2D eigenvalue weighted by Gasteiger charge is 2.22. The van der Waals surface area contributed by atoms with Crippen LogP contribution < -0.4 is 4.90 Å². The highest BCUT2D eigenvalue weighted by molar-refractivity contribution is 7.71. The first-order valence-corrected chi connectivity index (χ1v) is 8.08. The van der Waals surface area contributed by atoms with E-state index in [0.29, 0.717) is 19.3 Å². The van der Waals surface area contributed by atoms with Crippen molar-refractivity contribution in [3.05, 3.63) is 4.77 Å². The summed E-state index contributed by atoms with van der Waals surface area (Å²) in [5.41, 5.74) is 0. The molecule has 1 heterocycles. The maximum absolute atomic E-state index is 5.45. The highest BCUT2D eigenvalue weighted by Crippen LogP contribution is 2.31. The van der Waals surface area contributed by atoms with E-state index in [1.165, 1.54) is 32.1 Å². The number of rotatable bonds is 8. The Bertz CT molecular complexity index is 460. The Hall–Kier alpha value is -0.920. The Kier molecular flexibility index (Phi) is 6.66. The Morgan fingerprint density at radius 1 is 1.19 bits per heavy atom. The number of nitrogens with one attached hydrogen (secondary N) is 1. The first-order valence-electron chi connectivity index (χ1n) is 7.67. The van der Waals surface area contributed by atoms with Gasteiger partial charge in [-0.05, 0) is 25.1 Å². The van der Waals surface area contributed by atoms with Crippen LogP contribution in [0.4, 0.5) is 5.95 Å². The van der Waals surface area contributed by atoms with Crippen LogP contribution in [-0.2, 0) is 9.47 Å². The maximum atomic E-state index is 5.45. The van der Waals surface area contributed by atoms with E-state index in [1.807, 2.05) is 0 Å². The number of aromatic nitrogens is 3. The number of H-pyrrole nitrogens is 1. The van der Waals surface area contributed by atoms with Gasteiger partial charge < -0.3 is 14.4 Å². The van der Waals surface area contributed by atoms with Gasteiger partial charge in [0.05, 0.1) is 13.2 Å². The van der Waals surface area contributed by atoms with Crippen LogP contribution in [0.3, 0.4) is 0 Å². The zero-order valence-corrected chi connectivity index (χ0v) is 13.8. The lowest BCUT2D eigenvalue weighted by atomic mass is 9.95. The van der Waals surface area contributed by atoms with Gasteiger partial charge in [0.1, 0.15) is 0 Å². The second-order valence-electron chi connectivity index (χ2n) is 5.46. The summed E-state index contributed by atoms with van der Waals surface area (Å²) >= 11 is 5.45. The average molecular weight is 314 g/mol. The molecule has 1 fully saturated rings. The molecule has 21 heavy (non-hydrogen) atoms. The molecule has 0 unspecified atom stereocenters. The van der Waals surface area contributed by atoms with E-state index in [-0.39, 0.29) is 0 Å². The molecule has 0 aliphatic heterocycles. The van der Waals surface area contributed by atoms with Gasteiger partial charge in [0.15, 0.2) is 4.77 Å². The van der Waals surface area contributed by atoms with Crippen molar-refractivity contribution >= 4 is 18.2 Å². The molecule has 0 aromatic carbocycles. The number of methoxy groups -OCH3 is 2. The molecule has 0 spiro atoms. The van der Waals surface area contributed by atoms with E-state index < -0.39 is 0 Å². The van der Waals surface area contributed by atoms with E-state index in [9.17, 15) is 0 Å². The van der Waals surface area contributed by atoms with Crippen molar-refractivity contribution < 1.29 is 9.47 Å². The second kappa shape index (κ2) is 8.51. The standard InChI is InChI=1S/C14H26N4O2S/c1-19-10-8-17(9-11-20-2)13-15-16-14(21)18(13)12-6-4-3-5-7-12/h12H,3-11H2,1-2H3,(H,16,21). The van der Waals surface area contributed by atoms with Crippen molar-refractivity contribution in [1.29, 1.82) is 0 Å². The Labute approximate surface area is 131 Å².